The average molecular weight is 264 g/mol. The van der Waals surface area contributed by atoms with E-state index in [0.717, 1.165) is 5.56 Å². The second-order valence-electron chi connectivity index (χ2n) is 4.68. The first-order chi connectivity index (χ1) is 8.86. The quantitative estimate of drug-likeness (QED) is 0.660. The van der Waals surface area contributed by atoms with Crippen LogP contribution < -0.4 is 5.73 Å². The molecule has 5 heteroatoms. The molecule has 104 valence electrons. The van der Waals surface area contributed by atoms with E-state index in [0.29, 0.717) is 17.8 Å². The molecule has 0 heterocycles. The molecule has 0 aliphatic rings. The van der Waals surface area contributed by atoms with Gasteiger partial charge in [-0.15, -0.1) is 0 Å². The van der Waals surface area contributed by atoms with Crippen molar-refractivity contribution in [1.29, 1.82) is 0 Å². The number of nitrogens with two attached hydrogens (primary N) is 1. The lowest BCUT2D eigenvalue weighted by atomic mass is 10.1. The normalized spacial score (nSPS) is 11.8. The summed E-state index contributed by atoms with van der Waals surface area (Å²) in [6, 6.07) is 5.21. The van der Waals surface area contributed by atoms with Crippen molar-refractivity contribution >= 4 is 17.6 Å². The van der Waals surface area contributed by atoms with Crippen molar-refractivity contribution in [3.8, 4) is 0 Å². The SMILES string of the molecule is COC(=O)C(C)CN(C)C(=O)c1cc(N)ccc1C. The summed E-state index contributed by atoms with van der Waals surface area (Å²) in [4.78, 5) is 25.1. The lowest BCUT2D eigenvalue weighted by Crippen LogP contribution is -2.34. The average Bonchev–Trinajstić information content (AvgIpc) is 2.39. The summed E-state index contributed by atoms with van der Waals surface area (Å²) in [5, 5.41) is 0. The fourth-order valence-corrected chi connectivity index (χ4v) is 1.85. The molecule has 1 aromatic carbocycles. The first-order valence-electron chi connectivity index (χ1n) is 6.06. The molecule has 0 spiro atoms. The number of esters is 1. The van der Waals surface area contributed by atoms with Gasteiger partial charge in [0.05, 0.1) is 13.0 Å². The maximum atomic E-state index is 12.3. The Labute approximate surface area is 113 Å². The van der Waals surface area contributed by atoms with Crippen molar-refractivity contribution in [1.82, 2.24) is 4.90 Å². The van der Waals surface area contributed by atoms with Crippen LogP contribution in [0.5, 0.6) is 0 Å². The molecule has 1 amide bonds. The molecule has 0 radical (unpaired) electrons. The number of rotatable bonds is 4. The Kier molecular flexibility index (Phi) is 4.92. The molecule has 1 rings (SSSR count). The number of nitrogen functional groups attached to an aromatic ring is 1. The van der Waals surface area contributed by atoms with Crippen molar-refractivity contribution in [2.75, 3.05) is 26.4 Å². The smallest absolute Gasteiger partial charge is 0.310 e. The molecule has 0 saturated carbocycles. The zero-order valence-corrected chi connectivity index (χ0v) is 11.8. The minimum absolute atomic E-state index is 0.152. The van der Waals surface area contributed by atoms with Gasteiger partial charge < -0.3 is 15.4 Å². The van der Waals surface area contributed by atoms with Crippen molar-refractivity contribution in [3.63, 3.8) is 0 Å². The van der Waals surface area contributed by atoms with Crippen LogP contribution in [0.15, 0.2) is 18.2 Å². The Morgan fingerprint density at radius 3 is 2.63 bits per heavy atom. The second-order valence-corrected chi connectivity index (χ2v) is 4.68. The summed E-state index contributed by atoms with van der Waals surface area (Å²) in [6.45, 7) is 3.88. The predicted octanol–water partition coefficient (Wildman–Crippen LogP) is 1.46. The first-order valence-corrected chi connectivity index (χ1v) is 6.06. The maximum absolute atomic E-state index is 12.3. The van der Waals surface area contributed by atoms with Crippen molar-refractivity contribution in [2.24, 2.45) is 5.92 Å². The molecule has 2 N–H and O–H groups in total. The number of benzene rings is 1. The van der Waals surface area contributed by atoms with Gasteiger partial charge in [-0.05, 0) is 24.6 Å². The van der Waals surface area contributed by atoms with E-state index in [1.165, 1.54) is 12.0 Å². The largest absolute Gasteiger partial charge is 0.469 e. The van der Waals surface area contributed by atoms with Gasteiger partial charge in [-0.3, -0.25) is 9.59 Å². The number of aryl methyl sites for hydroxylation is 1. The van der Waals surface area contributed by atoms with Gasteiger partial charge >= 0.3 is 5.97 Å². The molecule has 0 aromatic heterocycles. The fourth-order valence-electron chi connectivity index (χ4n) is 1.85. The molecule has 1 unspecified atom stereocenters. The third kappa shape index (κ3) is 3.71. The highest BCUT2D eigenvalue weighted by Crippen LogP contribution is 2.15. The summed E-state index contributed by atoms with van der Waals surface area (Å²) in [5.74, 6) is -0.843. The second kappa shape index (κ2) is 6.22. The minimum atomic E-state index is -0.361. The van der Waals surface area contributed by atoms with Crippen LogP contribution >= 0.6 is 0 Å². The molecule has 1 atom stereocenters. The molecule has 0 bridgehead atoms. The third-order valence-electron chi connectivity index (χ3n) is 2.99. The zero-order chi connectivity index (χ0) is 14.6. The molecule has 5 nitrogen and oxygen atoms in total. The van der Waals surface area contributed by atoms with Crippen LogP contribution in [0.2, 0.25) is 0 Å². The zero-order valence-electron chi connectivity index (χ0n) is 11.8. The summed E-state index contributed by atoms with van der Waals surface area (Å²) in [7, 11) is 2.99. The molecule has 19 heavy (non-hydrogen) atoms. The molecular weight excluding hydrogens is 244 g/mol. The van der Waals surface area contributed by atoms with Gasteiger partial charge in [-0.1, -0.05) is 13.0 Å². The number of carbonyl (C=O) groups is 2. The van der Waals surface area contributed by atoms with E-state index < -0.39 is 0 Å². The Morgan fingerprint density at radius 2 is 2.05 bits per heavy atom. The van der Waals surface area contributed by atoms with Crippen LogP contribution in [0.1, 0.15) is 22.8 Å². The van der Waals surface area contributed by atoms with Crippen molar-refractivity contribution in [2.45, 2.75) is 13.8 Å². The van der Waals surface area contributed by atoms with E-state index >= 15 is 0 Å². The summed E-state index contributed by atoms with van der Waals surface area (Å²) in [6.07, 6.45) is 0. The number of hydrogen-bond donors (Lipinski definition) is 1. The number of hydrogen-bond acceptors (Lipinski definition) is 4. The van der Waals surface area contributed by atoms with Gasteiger partial charge in [-0.2, -0.15) is 0 Å². The molecule has 0 aliphatic carbocycles. The summed E-state index contributed by atoms with van der Waals surface area (Å²) < 4.78 is 4.64. The van der Waals surface area contributed by atoms with Crippen molar-refractivity contribution in [3.05, 3.63) is 29.3 Å². The van der Waals surface area contributed by atoms with Crippen molar-refractivity contribution < 1.29 is 14.3 Å². The van der Waals surface area contributed by atoms with Gasteiger partial charge in [0, 0.05) is 24.8 Å². The van der Waals surface area contributed by atoms with E-state index in [1.807, 2.05) is 6.92 Å². The topological polar surface area (TPSA) is 72.6 Å². The number of amides is 1. The van der Waals surface area contributed by atoms with Gasteiger partial charge in [0.15, 0.2) is 0 Å². The first kappa shape index (κ1) is 15.0. The monoisotopic (exact) mass is 264 g/mol. The maximum Gasteiger partial charge on any atom is 0.310 e. The van der Waals surface area contributed by atoms with E-state index in [1.54, 1.807) is 32.2 Å². The standard InChI is InChI=1S/C14H20N2O3/c1-9-5-6-11(15)7-12(9)13(17)16(3)8-10(2)14(18)19-4/h5-7,10H,8,15H2,1-4H3. The van der Waals surface area contributed by atoms with E-state index in [9.17, 15) is 9.59 Å². The van der Waals surface area contributed by atoms with Crippen LogP contribution in [0.25, 0.3) is 0 Å². The number of ether oxygens (including phenoxy) is 1. The van der Waals surface area contributed by atoms with Crippen LogP contribution in [-0.2, 0) is 9.53 Å². The predicted molar refractivity (Wildman–Crippen MR) is 73.7 cm³/mol. The highest BCUT2D eigenvalue weighted by atomic mass is 16.5. The fraction of sp³-hybridized carbons (Fsp3) is 0.429. The van der Waals surface area contributed by atoms with E-state index in [4.69, 9.17) is 5.73 Å². The summed E-state index contributed by atoms with van der Waals surface area (Å²) in [5.41, 5.74) is 7.65. The van der Waals surface area contributed by atoms with Gasteiger partial charge in [0.1, 0.15) is 0 Å². The van der Waals surface area contributed by atoms with Crippen LogP contribution in [0.4, 0.5) is 5.69 Å². The third-order valence-corrected chi connectivity index (χ3v) is 2.99. The highest BCUT2D eigenvalue weighted by Gasteiger charge is 2.20. The highest BCUT2D eigenvalue weighted by molar-refractivity contribution is 5.96. The Bertz CT molecular complexity index is 486. The molecule has 0 saturated heterocycles. The lowest BCUT2D eigenvalue weighted by Gasteiger charge is -2.21. The molecule has 0 aliphatic heterocycles. The number of carbonyl (C=O) groups excluding carboxylic acids is 2. The van der Waals surface area contributed by atoms with E-state index in [-0.39, 0.29) is 17.8 Å². The summed E-state index contributed by atoms with van der Waals surface area (Å²) >= 11 is 0. The molecule has 0 fully saturated rings. The Morgan fingerprint density at radius 1 is 1.42 bits per heavy atom. The minimum Gasteiger partial charge on any atom is -0.469 e. The molecular formula is C14H20N2O3. The van der Waals surface area contributed by atoms with Crippen LogP contribution in [0.3, 0.4) is 0 Å². The van der Waals surface area contributed by atoms with E-state index in [2.05, 4.69) is 4.74 Å². The number of anilines is 1. The number of nitrogens with zero attached hydrogens (tertiary/aromatic N) is 1. The van der Waals surface area contributed by atoms with Gasteiger partial charge in [0.2, 0.25) is 0 Å². The lowest BCUT2D eigenvalue weighted by molar-refractivity contribution is -0.145. The Balaban J connectivity index is 2.82. The van der Waals surface area contributed by atoms with Crippen LogP contribution in [-0.4, -0.2) is 37.5 Å². The number of methoxy groups -OCH3 is 1. The Hall–Kier alpha value is -2.04. The van der Waals surface area contributed by atoms with Gasteiger partial charge in [0.25, 0.3) is 5.91 Å². The van der Waals surface area contributed by atoms with Gasteiger partial charge in [-0.25, -0.2) is 0 Å². The molecule has 1 aromatic rings. The van der Waals surface area contributed by atoms with Crippen LogP contribution in [0, 0.1) is 12.8 Å².